The molecule has 1 aromatic heterocycles. The van der Waals surface area contributed by atoms with Gasteiger partial charge >= 0.3 is 0 Å². The molecule has 0 unspecified atom stereocenters. The van der Waals surface area contributed by atoms with Crippen molar-refractivity contribution in [1.82, 2.24) is 9.88 Å². The number of hydrogen-bond acceptors (Lipinski definition) is 3. The van der Waals surface area contributed by atoms with Crippen molar-refractivity contribution in [2.45, 2.75) is 25.7 Å². The number of pyridine rings is 1. The monoisotopic (exact) mass is 269 g/mol. The fraction of sp³-hybridized carbons (Fsp3) is 0.538. The predicted molar refractivity (Wildman–Crippen MR) is 74.8 cm³/mol. The van der Waals surface area contributed by atoms with Crippen molar-refractivity contribution >= 4 is 24.1 Å². The number of carbonyl (C=O) groups is 1. The van der Waals surface area contributed by atoms with Crippen molar-refractivity contribution in [3.8, 4) is 0 Å². The van der Waals surface area contributed by atoms with Gasteiger partial charge in [0.25, 0.3) is 5.91 Å². The number of aromatic nitrogens is 1. The average molecular weight is 270 g/mol. The minimum Gasteiger partial charge on any atom is -0.384 e. The molecule has 2 N–H and O–H groups in total. The van der Waals surface area contributed by atoms with E-state index in [9.17, 15) is 4.79 Å². The molecule has 1 heterocycles. The summed E-state index contributed by atoms with van der Waals surface area (Å²) < 4.78 is 0. The first kappa shape index (κ1) is 14.8. The molecule has 0 saturated heterocycles. The molecule has 1 fully saturated rings. The van der Waals surface area contributed by atoms with E-state index in [-0.39, 0.29) is 18.3 Å². The molecule has 1 aromatic rings. The maximum absolute atomic E-state index is 12.1. The Balaban J connectivity index is 0.00000162. The van der Waals surface area contributed by atoms with Gasteiger partial charge in [0.1, 0.15) is 11.5 Å². The largest absolute Gasteiger partial charge is 0.384 e. The molecule has 18 heavy (non-hydrogen) atoms. The zero-order valence-electron chi connectivity index (χ0n) is 10.6. The molecule has 0 spiro atoms. The number of anilines is 1. The number of halogens is 1. The van der Waals surface area contributed by atoms with E-state index in [1.54, 1.807) is 23.1 Å². The number of hydrogen-bond donors (Lipinski definition) is 1. The van der Waals surface area contributed by atoms with Gasteiger partial charge in [-0.3, -0.25) is 4.79 Å². The van der Waals surface area contributed by atoms with Gasteiger partial charge < -0.3 is 10.6 Å². The van der Waals surface area contributed by atoms with E-state index >= 15 is 0 Å². The Morgan fingerprint density at radius 2 is 2.11 bits per heavy atom. The summed E-state index contributed by atoms with van der Waals surface area (Å²) in [5, 5.41) is 0. The second-order valence-electron chi connectivity index (χ2n) is 4.78. The smallest absolute Gasteiger partial charge is 0.272 e. The van der Waals surface area contributed by atoms with Crippen LogP contribution in [-0.2, 0) is 0 Å². The Labute approximate surface area is 114 Å². The second-order valence-corrected chi connectivity index (χ2v) is 4.78. The van der Waals surface area contributed by atoms with Crippen molar-refractivity contribution in [2.24, 2.45) is 5.92 Å². The van der Waals surface area contributed by atoms with Crippen LogP contribution in [0.5, 0.6) is 0 Å². The Morgan fingerprint density at radius 3 is 2.72 bits per heavy atom. The van der Waals surface area contributed by atoms with Crippen LogP contribution in [0.4, 0.5) is 5.82 Å². The lowest BCUT2D eigenvalue weighted by molar-refractivity contribution is 0.0767. The third-order valence-corrected chi connectivity index (χ3v) is 3.34. The number of nitrogen functional groups attached to an aromatic ring is 1. The molecule has 2 rings (SSSR count). The van der Waals surface area contributed by atoms with Gasteiger partial charge in [0.05, 0.1) is 0 Å². The van der Waals surface area contributed by atoms with Crippen LogP contribution in [0.15, 0.2) is 18.2 Å². The zero-order chi connectivity index (χ0) is 12.3. The SMILES string of the molecule is CN(CC1CCCC1)C(=O)c1cccc(N)n1.Cl. The van der Waals surface area contributed by atoms with E-state index in [0.29, 0.717) is 17.4 Å². The van der Waals surface area contributed by atoms with Crippen molar-refractivity contribution in [1.29, 1.82) is 0 Å². The molecule has 0 aromatic carbocycles. The van der Waals surface area contributed by atoms with Crippen molar-refractivity contribution in [2.75, 3.05) is 19.3 Å². The molecule has 0 radical (unpaired) electrons. The van der Waals surface area contributed by atoms with Crippen LogP contribution in [0.3, 0.4) is 0 Å². The fourth-order valence-corrected chi connectivity index (χ4v) is 2.43. The van der Waals surface area contributed by atoms with Crippen LogP contribution in [0.25, 0.3) is 0 Å². The highest BCUT2D eigenvalue weighted by molar-refractivity contribution is 5.92. The Bertz CT molecular complexity index is 405. The van der Waals surface area contributed by atoms with Crippen LogP contribution in [0, 0.1) is 5.92 Å². The van der Waals surface area contributed by atoms with Crippen molar-refractivity contribution in [3.05, 3.63) is 23.9 Å². The molecular weight excluding hydrogens is 250 g/mol. The molecule has 1 aliphatic carbocycles. The van der Waals surface area contributed by atoms with E-state index in [1.807, 2.05) is 7.05 Å². The van der Waals surface area contributed by atoms with Crippen LogP contribution in [0.1, 0.15) is 36.2 Å². The minimum atomic E-state index is -0.0378. The first-order valence-corrected chi connectivity index (χ1v) is 6.15. The first-order valence-electron chi connectivity index (χ1n) is 6.15. The van der Waals surface area contributed by atoms with E-state index in [1.165, 1.54) is 25.7 Å². The number of nitrogens with two attached hydrogens (primary N) is 1. The van der Waals surface area contributed by atoms with Crippen molar-refractivity contribution in [3.63, 3.8) is 0 Å². The average Bonchev–Trinajstić information content (AvgIpc) is 2.80. The Morgan fingerprint density at radius 1 is 1.44 bits per heavy atom. The lowest BCUT2D eigenvalue weighted by Crippen LogP contribution is -2.31. The van der Waals surface area contributed by atoms with Gasteiger partial charge in [-0.25, -0.2) is 4.98 Å². The maximum atomic E-state index is 12.1. The van der Waals surface area contributed by atoms with E-state index in [2.05, 4.69) is 4.98 Å². The highest BCUT2D eigenvalue weighted by Gasteiger charge is 2.20. The van der Waals surface area contributed by atoms with Gasteiger partial charge in [0, 0.05) is 13.6 Å². The highest BCUT2D eigenvalue weighted by atomic mass is 35.5. The standard InChI is InChI=1S/C13H19N3O.ClH/c1-16(9-10-5-2-3-6-10)13(17)11-7-4-8-12(14)15-11;/h4,7-8,10H,2-3,5-6,9H2,1H3,(H2,14,15);1H. The van der Waals surface area contributed by atoms with E-state index in [0.717, 1.165) is 6.54 Å². The van der Waals surface area contributed by atoms with Crippen LogP contribution >= 0.6 is 12.4 Å². The molecule has 100 valence electrons. The number of nitrogens with zero attached hydrogens (tertiary/aromatic N) is 2. The molecule has 0 aliphatic heterocycles. The lowest BCUT2D eigenvalue weighted by Gasteiger charge is -2.20. The van der Waals surface area contributed by atoms with E-state index < -0.39 is 0 Å². The summed E-state index contributed by atoms with van der Waals surface area (Å²) in [5.41, 5.74) is 6.01. The maximum Gasteiger partial charge on any atom is 0.272 e. The summed E-state index contributed by atoms with van der Waals surface area (Å²) in [6.07, 6.45) is 5.07. The summed E-state index contributed by atoms with van der Waals surface area (Å²) in [6, 6.07) is 5.16. The summed E-state index contributed by atoms with van der Waals surface area (Å²) in [7, 11) is 1.84. The van der Waals surface area contributed by atoms with Gasteiger partial charge in [-0.15, -0.1) is 12.4 Å². The minimum absolute atomic E-state index is 0. The van der Waals surface area contributed by atoms with Gasteiger partial charge in [-0.2, -0.15) is 0 Å². The highest BCUT2D eigenvalue weighted by Crippen LogP contribution is 2.25. The van der Waals surface area contributed by atoms with Gasteiger partial charge in [-0.1, -0.05) is 18.9 Å². The molecule has 1 aliphatic rings. The number of carbonyl (C=O) groups excluding carboxylic acids is 1. The first-order chi connectivity index (χ1) is 8.16. The topological polar surface area (TPSA) is 59.2 Å². The van der Waals surface area contributed by atoms with Gasteiger partial charge in [0.2, 0.25) is 0 Å². The molecule has 1 saturated carbocycles. The number of amides is 1. The summed E-state index contributed by atoms with van der Waals surface area (Å²) in [4.78, 5) is 17.9. The zero-order valence-corrected chi connectivity index (χ0v) is 11.4. The molecule has 0 bridgehead atoms. The van der Waals surface area contributed by atoms with Gasteiger partial charge in [-0.05, 0) is 30.9 Å². The molecular formula is C13H20ClN3O. The van der Waals surface area contributed by atoms with Gasteiger partial charge in [0.15, 0.2) is 0 Å². The summed E-state index contributed by atoms with van der Waals surface area (Å²) in [6.45, 7) is 0.829. The fourth-order valence-electron chi connectivity index (χ4n) is 2.43. The third-order valence-electron chi connectivity index (χ3n) is 3.34. The van der Waals surface area contributed by atoms with Crippen LogP contribution in [-0.4, -0.2) is 29.4 Å². The molecule has 0 atom stereocenters. The summed E-state index contributed by atoms with van der Waals surface area (Å²) >= 11 is 0. The predicted octanol–water partition coefficient (Wildman–Crippen LogP) is 2.35. The molecule has 5 heteroatoms. The molecule has 1 amide bonds. The Hall–Kier alpha value is -1.29. The van der Waals surface area contributed by atoms with Crippen LogP contribution in [0.2, 0.25) is 0 Å². The Kier molecular flexibility index (Phi) is 5.41. The lowest BCUT2D eigenvalue weighted by atomic mass is 10.1. The third kappa shape index (κ3) is 3.60. The van der Waals surface area contributed by atoms with Crippen molar-refractivity contribution < 1.29 is 4.79 Å². The number of rotatable bonds is 3. The quantitative estimate of drug-likeness (QED) is 0.916. The normalized spacial score (nSPS) is 15.2. The van der Waals surface area contributed by atoms with E-state index in [4.69, 9.17) is 5.73 Å². The summed E-state index contributed by atoms with van der Waals surface area (Å²) in [5.74, 6) is 1.01. The molecule has 4 nitrogen and oxygen atoms in total. The van der Waals surface area contributed by atoms with Crippen LogP contribution < -0.4 is 5.73 Å². The second kappa shape index (κ2) is 6.59.